The lowest BCUT2D eigenvalue weighted by atomic mass is 10.1. The van der Waals surface area contributed by atoms with Crippen molar-refractivity contribution in [3.63, 3.8) is 0 Å². The number of nitrogens with zero attached hydrogens (tertiary/aromatic N) is 6. The standard InChI is InChI=1S/C25H22ClN7O2/c1-15-4-9-21(16(2)10-15)32-24-20(12-29-32)25(28-14-27-24)33-22(11-17(3)31-33)30-23(34)13-35-19-7-5-18(26)6-8-19/h4-12,14H,13H2,1-3H3,(H,30,34). The van der Waals surface area contributed by atoms with Gasteiger partial charge in [0, 0.05) is 11.1 Å². The highest BCUT2D eigenvalue weighted by Gasteiger charge is 2.18. The van der Waals surface area contributed by atoms with Gasteiger partial charge in [0.2, 0.25) is 0 Å². The van der Waals surface area contributed by atoms with Crippen LogP contribution in [0.25, 0.3) is 22.5 Å². The number of aryl methyl sites for hydroxylation is 3. The van der Waals surface area contributed by atoms with Crippen molar-refractivity contribution in [3.05, 3.63) is 82.9 Å². The van der Waals surface area contributed by atoms with E-state index < -0.39 is 0 Å². The van der Waals surface area contributed by atoms with Gasteiger partial charge in [0.25, 0.3) is 5.91 Å². The molecule has 0 aliphatic heterocycles. The summed E-state index contributed by atoms with van der Waals surface area (Å²) < 4.78 is 8.91. The smallest absolute Gasteiger partial charge is 0.263 e. The number of hydrogen-bond acceptors (Lipinski definition) is 6. The van der Waals surface area contributed by atoms with Crippen molar-refractivity contribution in [3.8, 4) is 17.3 Å². The molecular weight excluding hydrogens is 466 g/mol. The second-order valence-corrected chi connectivity index (χ2v) is 8.59. The largest absolute Gasteiger partial charge is 0.484 e. The van der Waals surface area contributed by atoms with Crippen LogP contribution in [0.4, 0.5) is 5.82 Å². The molecule has 0 aliphatic carbocycles. The zero-order valence-corrected chi connectivity index (χ0v) is 20.1. The number of amides is 1. The molecule has 0 spiro atoms. The maximum Gasteiger partial charge on any atom is 0.263 e. The van der Waals surface area contributed by atoms with E-state index in [1.54, 1.807) is 45.9 Å². The summed E-state index contributed by atoms with van der Waals surface area (Å²) in [5, 5.41) is 13.3. The van der Waals surface area contributed by atoms with E-state index in [2.05, 4.69) is 38.5 Å². The van der Waals surface area contributed by atoms with Crippen molar-refractivity contribution in [2.75, 3.05) is 11.9 Å². The van der Waals surface area contributed by atoms with Crippen LogP contribution in [0.2, 0.25) is 5.02 Å². The fourth-order valence-corrected chi connectivity index (χ4v) is 3.95. The number of aromatic nitrogens is 6. The molecule has 3 heterocycles. The summed E-state index contributed by atoms with van der Waals surface area (Å²) in [6, 6.07) is 14.7. The van der Waals surface area contributed by atoms with Crippen molar-refractivity contribution in [2.45, 2.75) is 20.8 Å². The van der Waals surface area contributed by atoms with Crippen LogP contribution in [0.3, 0.4) is 0 Å². The number of anilines is 1. The molecule has 5 aromatic rings. The van der Waals surface area contributed by atoms with Crippen molar-refractivity contribution >= 4 is 34.4 Å². The van der Waals surface area contributed by atoms with Gasteiger partial charge in [0.15, 0.2) is 18.1 Å². The van der Waals surface area contributed by atoms with E-state index in [0.29, 0.717) is 39.1 Å². The Balaban J connectivity index is 1.44. The van der Waals surface area contributed by atoms with Crippen LogP contribution < -0.4 is 10.1 Å². The summed E-state index contributed by atoms with van der Waals surface area (Å²) in [5.41, 5.74) is 4.54. The third-order valence-electron chi connectivity index (χ3n) is 5.41. The van der Waals surface area contributed by atoms with Crippen LogP contribution in [0.1, 0.15) is 16.8 Å². The molecule has 2 aromatic carbocycles. The quantitative estimate of drug-likeness (QED) is 0.376. The fourth-order valence-electron chi connectivity index (χ4n) is 3.83. The Morgan fingerprint density at radius 2 is 1.83 bits per heavy atom. The molecule has 1 N–H and O–H groups in total. The number of benzene rings is 2. The Morgan fingerprint density at radius 1 is 1.03 bits per heavy atom. The zero-order chi connectivity index (χ0) is 24.5. The van der Waals surface area contributed by atoms with Gasteiger partial charge in [-0.2, -0.15) is 14.9 Å². The molecule has 10 heteroatoms. The van der Waals surface area contributed by atoms with E-state index in [1.807, 2.05) is 26.0 Å². The Hall–Kier alpha value is -4.24. The predicted molar refractivity (Wildman–Crippen MR) is 134 cm³/mol. The molecule has 35 heavy (non-hydrogen) atoms. The van der Waals surface area contributed by atoms with Gasteiger partial charge in [0.05, 0.1) is 23.0 Å². The summed E-state index contributed by atoms with van der Waals surface area (Å²) in [6.07, 6.45) is 3.17. The van der Waals surface area contributed by atoms with E-state index in [4.69, 9.17) is 16.3 Å². The molecule has 0 unspecified atom stereocenters. The number of carbonyl (C=O) groups is 1. The van der Waals surface area contributed by atoms with Crippen LogP contribution in [0.15, 0.2) is 61.1 Å². The van der Waals surface area contributed by atoms with E-state index in [-0.39, 0.29) is 12.5 Å². The zero-order valence-electron chi connectivity index (χ0n) is 19.4. The lowest BCUT2D eigenvalue weighted by molar-refractivity contribution is -0.118. The average Bonchev–Trinajstić information content (AvgIpc) is 3.42. The molecule has 0 atom stereocenters. The molecule has 1 amide bonds. The minimum atomic E-state index is -0.336. The molecule has 0 bridgehead atoms. The number of nitrogens with one attached hydrogen (secondary N) is 1. The molecule has 0 fully saturated rings. The van der Waals surface area contributed by atoms with Crippen molar-refractivity contribution in [1.29, 1.82) is 0 Å². The Morgan fingerprint density at radius 3 is 2.60 bits per heavy atom. The Kier molecular flexibility index (Phi) is 5.92. The van der Waals surface area contributed by atoms with E-state index in [1.165, 1.54) is 11.9 Å². The second kappa shape index (κ2) is 9.19. The average molecular weight is 488 g/mol. The van der Waals surface area contributed by atoms with Gasteiger partial charge in [0.1, 0.15) is 17.9 Å². The number of fused-ring (bicyclic) bond motifs is 1. The molecule has 5 rings (SSSR count). The topological polar surface area (TPSA) is 99.8 Å². The van der Waals surface area contributed by atoms with E-state index in [0.717, 1.165) is 11.3 Å². The highest BCUT2D eigenvalue weighted by atomic mass is 35.5. The second-order valence-electron chi connectivity index (χ2n) is 8.15. The third kappa shape index (κ3) is 4.58. The van der Waals surface area contributed by atoms with Gasteiger partial charge in [-0.3, -0.25) is 4.79 Å². The van der Waals surface area contributed by atoms with E-state index >= 15 is 0 Å². The van der Waals surface area contributed by atoms with Crippen molar-refractivity contribution in [2.24, 2.45) is 0 Å². The molecule has 3 aromatic heterocycles. The first kappa shape index (κ1) is 22.5. The highest BCUT2D eigenvalue weighted by Crippen LogP contribution is 2.25. The molecule has 176 valence electrons. The maximum absolute atomic E-state index is 12.6. The third-order valence-corrected chi connectivity index (χ3v) is 5.66. The van der Waals surface area contributed by atoms with Crippen LogP contribution >= 0.6 is 11.6 Å². The van der Waals surface area contributed by atoms with Gasteiger partial charge in [-0.15, -0.1) is 0 Å². The normalized spacial score (nSPS) is 11.1. The van der Waals surface area contributed by atoms with Gasteiger partial charge in [-0.1, -0.05) is 29.3 Å². The molecule has 0 aliphatic rings. The monoisotopic (exact) mass is 487 g/mol. The van der Waals surface area contributed by atoms with Crippen molar-refractivity contribution < 1.29 is 9.53 Å². The SMILES string of the molecule is Cc1ccc(-n2ncc3c(-n4nc(C)cc4NC(=O)COc4ccc(Cl)cc4)ncnc32)c(C)c1. The van der Waals surface area contributed by atoms with Gasteiger partial charge >= 0.3 is 0 Å². The first-order chi connectivity index (χ1) is 16.9. The van der Waals surface area contributed by atoms with Crippen LogP contribution in [-0.4, -0.2) is 42.0 Å². The summed E-state index contributed by atoms with van der Waals surface area (Å²) in [4.78, 5) is 21.5. The number of rotatable bonds is 6. The van der Waals surface area contributed by atoms with Gasteiger partial charge < -0.3 is 10.1 Å². The highest BCUT2D eigenvalue weighted by molar-refractivity contribution is 6.30. The first-order valence-electron chi connectivity index (χ1n) is 10.9. The predicted octanol–water partition coefficient (Wildman–Crippen LogP) is 4.60. The molecule has 0 radical (unpaired) electrons. The first-order valence-corrected chi connectivity index (χ1v) is 11.3. The summed E-state index contributed by atoms with van der Waals surface area (Å²) in [5.74, 6) is 1.18. The minimum absolute atomic E-state index is 0.171. The maximum atomic E-state index is 12.6. The lowest BCUT2D eigenvalue weighted by Gasteiger charge is -2.10. The number of hydrogen-bond donors (Lipinski definition) is 1. The minimum Gasteiger partial charge on any atom is -0.484 e. The number of carbonyl (C=O) groups excluding carboxylic acids is 1. The van der Waals surface area contributed by atoms with E-state index in [9.17, 15) is 4.79 Å². The Labute approximate surface area is 206 Å². The summed E-state index contributed by atoms with van der Waals surface area (Å²) in [7, 11) is 0. The molecule has 0 saturated carbocycles. The summed E-state index contributed by atoms with van der Waals surface area (Å²) >= 11 is 5.89. The Bertz CT molecular complexity index is 1540. The molecular formula is C25H22ClN7O2. The van der Waals surface area contributed by atoms with Crippen molar-refractivity contribution in [1.82, 2.24) is 29.5 Å². The number of halogens is 1. The van der Waals surface area contributed by atoms with Crippen LogP contribution in [0.5, 0.6) is 5.75 Å². The van der Waals surface area contributed by atoms with Gasteiger partial charge in [-0.05, 0) is 56.7 Å². The van der Waals surface area contributed by atoms with Gasteiger partial charge in [-0.25, -0.2) is 14.6 Å². The summed E-state index contributed by atoms with van der Waals surface area (Å²) in [6.45, 7) is 5.76. The van der Waals surface area contributed by atoms with Crippen LogP contribution in [0, 0.1) is 20.8 Å². The lowest BCUT2D eigenvalue weighted by Crippen LogP contribution is -2.22. The molecule has 0 saturated heterocycles. The molecule has 9 nitrogen and oxygen atoms in total. The number of ether oxygens (including phenoxy) is 1. The van der Waals surface area contributed by atoms with Crippen LogP contribution in [-0.2, 0) is 4.79 Å². The fraction of sp³-hybridized carbons (Fsp3) is 0.160.